The number of anilines is 3. The van der Waals surface area contributed by atoms with Crippen LogP contribution < -0.4 is 11.1 Å². The Morgan fingerprint density at radius 3 is 3.06 bits per heavy atom. The van der Waals surface area contributed by atoms with Crippen LogP contribution in [-0.2, 0) is 0 Å². The monoisotopic (exact) mass is 242 g/mol. The molecule has 84 valence electrons. The molecule has 0 unspecified atom stereocenters. The van der Waals surface area contributed by atoms with Crippen molar-refractivity contribution in [2.45, 2.75) is 0 Å². The van der Waals surface area contributed by atoms with Crippen molar-refractivity contribution in [2.24, 2.45) is 0 Å². The van der Waals surface area contributed by atoms with Gasteiger partial charge in [-0.2, -0.15) is 0 Å². The van der Waals surface area contributed by atoms with Crippen molar-refractivity contribution in [3.63, 3.8) is 0 Å². The van der Waals surface area contributed by atoms with Gasteiger partial charge in [0.05, 0.1) is 33.3 Å². The molecule has 2 aromatic heterocycles. The van der Waals surface area contributed by atoms with Crippen LogP contribution in [0, 0.1) is 0 Å². The third-order valence-corrected chi connectivity index (χ3v) is 3.25. The Labute approximate surface area is 102 Å². The number of hydrogen-bond acceptors (Lipinski definition) is 5. The summed E-state index contributed by atoms with van der Waals surface area (Å²) in [6.07, 6.45) is 3.34. The number of fused-ring (bicyclic) bond motifs is 1. The van der Waals surface area contributed by atoms with Crippen LogP contribution in [0.4, 0.5) is 17.1 Å². The fourth-order valence-electron chi connectivity index (χ4n) is 1.61. The van der Waals surface area contributed by atoms with E-state index in [4.69, 9.17) is 5.73 Å². The van der Waals surface area contributed by atoms with E-state index < -0.39 is 0 Å². The second-order valence-corrected chi connectivity index (χ2v) is 4.51. The average molecular weight is 242 g/mol. The van der Waals surface area contributed by atoms with Gasteiger partial charge in [0.15, 0.2) is 0 Å². The van der Waals surface area contributed by atoms with Crippen LogP contribution >= 0.6 is 11.3 Å². The maximum absolute atomic E-state index is 5.83. The van der Waals surface area contributed by atoms with Gasteiger partial charge in [0.2, 0.25) is 0 Å². The third kappa shape index (κ3) is 1.92. The summed E-state index contributed by atoms with van der Waals surface area (Å²) in [5.41, 5.74) is 11.2. The largest absolute Gasteiger partial charge is 0.396 e. The highest BCUT2D eigenvalue weighted by atomic mass is 32.1. The summed E-state index contributed by atoms with van der Waals surface area (Å²) >= 11 is 1.62. The summed E-state index contributed by atoms with van der Waals surface area (Å²) in [5, 5.41) is 3.27. The SMILES string of the molecule is Nc1cnccc1Nc1ccc2ncsc2c1. The first kappa shape index (κ1) is 10.0. The lowest BCUT2D eigenvalue weighted by Gasteiger charge is -2.08. The number of thiazole rings is 1. The number of nitrogens with one attached hydrogen (secondary N) is 1. The van der Waals surface area contributed by atoms with E-state index in [1.165, 1.54) is 0 Å². The number of pyridine rings is 1. The van der Waals surface area contributed by atoms with Crippen molar-refractivity contribution in [1.82, 2.24) is 9.97 Å². The molecular weight excluding hydrogens is 232 g/mol. The minimum absolute atomic E-state index is 0.636. The molecule has 0 saturated carbocycles. The van der Waals surface area contributed by atoms with Gasteiger partial charge in [0.25, 0.3) is 0 Å². The molecule has 1 aromatic carbocycles. The molecule has 2 heterocycles. The van der Waals surface area contributed by atoms with Gasteiger partial charge in [-0.05, 0) is 24.3 Å². The van der Waals surface area contributed by atoms with Gasteiger partial charge in [-0.3, -0.25) is 4.98 Å². The molecule has 0 aliphatic heterocycles. The van der Waals surface area contributed by atoms with Crippen molar-refractivity contribution in [2.75, 3.05) is 11.1 Å². The van der Waals surface area contributed by atoms with E-state index in [1.807, 2.05) is 23.7 Å². The van der Waals surface area contributed by atoms with Gasteiger partial charge < -0.3 is 11.1 Å². The highest BCUT2D eigenvalue weighted by Gasteiger charge is 2.01. The Morgan fingerprint density at radius 1 is 1.24 bits per heavy atom. The van der Waals surface area contributed by atoms with Crippen molar-refractivity contribution in [3.8, 4) is 0 Å². The van der Waals surface area contributed by atoms with Crippen molar-refractivity contribution in [1.29, 1.82) is 0 Å². The van der Waals surface area contributed by atoms with Gasteiger partial charge in [-0.25, -0.2) is 4.98 Å². The molecular formula is C12H10N4S. The smallest absolute Gasteiger partial charge is 0.0813 e. The first-order chi connectivity index (χ1) is 8.33. The van der Waals surface area contributed by atoms with Crippen LogP contribution in [0.5, 0.6) is 0 Å². The van der Waals surface area contributed by atoms with Crippen molar-refractivity contribution >= 4 is 38.6 Å². The Kier molecular flexibility index (Phi) is 2.38. The number of benzene rings is 1. The van der Waals surface area contributed by atoms with Gasteiger partial charge >= 0.3 is 0 Å². The molecule has 0 bridgehead atoms. The lowest BCUT2D eigenvalue weighted by Crippen LogP contribution is -1.96. The van der Waals surface area contributed by atoms with Crippen molar-refractivity contribution < 1.29 is 0 Å². The number of aromatic nitrogens is 2. The number of hydrogen-bond donors (Lipinski definition) is 2. The Bertz CT molecular complexity index is 662. The standard InChI is InChI=1S/C12H10N4S/c13-9-6-14-4-3-10(9)16-8-1-2-11-12(5-8)17-7-15-11/h1-7H,13H2,(H,14,16). The van der Waals surface area contributed by atoms with Gasteiger partial charge in [-0.1, -0.05) is 0 Å². The predicted molar refractivity (Wildman–Crippen MR) is 71.6 cm³/mol. The number of nitrogen functional groups attached to an aromatic ring is 1. The second-order valence-electron chi connectivity index (χ2n) is 3.62. The summed E-state index contributed by atoms with van der Waals surface area (Å²) in [4.78, 5) is 8.20. The highest BCUT2D eigenvalue weighted by molar-refractivity contribution is 7.16. The lowest BCUT2D eigenvalue weighted by molar-refractivity contribution is 1.33. The van der Waals surface area contributed by atoms with E-state index in [9.17, 15) is 0 Å². The second kappa shape index (κ2) is 4.03. The van der Waals surface area contributed by atoms with Crippen LogP contribution in [-0.4, -0.2) is 9.97 Å². The quantitative estimate of drug-likeness (QED) is 0.725. The number of nitrogens with two attached hydrogens (primary N) is 1. The molecule has 0 spiro atoms. The topological polar surface area (TPSA) is 63.8 Å². The van der Waals surface area contributed by atoms with E-state index in [0.717, 1.165) is 21.6 Å². The van der Waals surface area contributed by atoms with Crippen LogP contribution in [0.1, 0.15) is 0 Å². The van der Waals surface area contributed by atoms with Gasteiger partial charge in [0.1, 0.15) is 0 Å². The maximum Gasteiger partial charge on any atom is 0.0813 e. The molecule has 3 rings (SSSR count). The van der Waals surface area contributed by atoms with Crippen molar-refractivity contribution in [3.05, 3.63) is 42.2 Å². The van der Waals surface area contributed by atoms with E-state index >= 15 is 0 Å². The Hall–Kier alpha value is -2.14. The fourth-order valence-corrected chi connectivity index (χ4v) is 2.33. The zero-order chi connectivity index (χ0) is 11.7. The molecule has 3 aromatic rings. The average Bonchev–Trinajstić information content (AvgIpc) is 2.79. The van der Waals surface area contributed by atoms with Crippen LogP contribution in [0.25, 0.3) is 10.2 Å². The summed E-state index contributed by atoms with van der Waals surface area (Å²) < 4.78 is 1.16. The Balaban J connectivity index is 1.97. The molecule has 0 aliphatic rings. The van der Waals surface area contributed by atoms with Gasteiger partial charge in [0, 0.05) is 11.9 Å². The Morgan fingerprint density at radius 2 is 2.18 bits per heavy atom. The zero-order valence-corrected chi connectivity index (χ0v) is 9.74. The van der Waals surface area contributed by atoms with Crippen LogP contribution in [0.15, 0.2) is 42.2 Å². The molecule has 0 fully saturated rings. The minimum atomic E-state index is 0.636. The molecule has 5 heteroatoms. The molecule has 0 amide bonds. The van der Waals surface area contributed by atoms with E-state index in [1.54, 1.807) is 23.7 Å². The summed E-state index contributed by atoms with van der Waals surface area (Å²) in [7, 11) is 0. The first-order valence-electron chi connectivity index (χ1n) is 5.13. The molecule has 0 aliphatic carbocycles. The molecule has 4 nitrogen and oxygen atoms in total. The lowest BCUT2D eigenvalue weighted by atomic mass is 10.2. The molecule has 0 saturated heterocycles. The zero-order valence-electron chi connectivity index (χ0n) is 8.92. The normalized spacial score (nSPS) is 10.6. The first-order valence-corrected chi connectivity index (χ1v) is 6.01. The number of nitrogens with zero attached hydrogens (tertiary/aromatic N) is 2. The molecule has 0 radical (unpaired) electrons. The van der Waals surface area contributed by atoms with E-state index in [2.05, 4.69) is 21.4 Å². The molecule has 0 atom stereocenters. The maximum atomic E-state index is 5.83. The fraction of sp³-hybridized carbons (Fsp3) is 0. The third-order valence-electron chi connectivity index (χ3n) is 2.46. The summed E-state index contributed by atoms with van der Waals surface area (Å²) in [6.45, 7) is 0. The summed E-state index contributed by atoms with van der Waals surface area (Å²) in [6, 6.07) is 7.90. The van der Waals surface area contributed by atoms with E-state index in [-0.39, 0.29) is 0 Å². The van der Waals surface area contributed by atoms with Crippen LogP contribution in [0.2, 0.25) is 0 Å². The minimum Gasteiger partial charge on any atom is -0.396 e. The van der Waals surface area contributed by atoms with Crippen LogP contribution in [0.3, 0.4) is 0 Å². The number of rotatable bonds is 2. The molecule has 17 heavy (non-hydrogen) atoms. The van der Waals surface area contributed by atoms with Gasteiger partial charge in [-0.15, -0.1) is 11.3 Å². The predicted octanol–water partition coefficient (Wildman–Crippen LogP) is 3.02. The highest BCUT2D eigenvalue weighted by Crippen LogP contribution is 2.26. The van der Waals surface area contributed by atoms with E-state index in [0.29, 0.717) is 5.69 Å². The molecule has 3 N–H and O–H groups in total. The summed E-state index contributed by atoms with van der Waals surface area (Å²) in [5.74, 6) is 0.